The average molecular weight is 302 g/mol. The summed E-state index contributed by atoms with van der Waals surface area (Å²) < 4.78 is 4.66. The molecule has 0 atom stereocenters. The second kappa shape index (κ2) is 5.97. The van der Waals surface area contributed by atoms with Crippen LogP contribution in [0, 0.1) is 0 Å². The second-order valence-corrected chi connectivity index (χ2v) is 5.80. The summed E-state index contributed by atoms with van der Waals surface area (Å²) in [6.45, 7) is 5.66. The summed E-state index contributed by atoms with van der Waals surface area (Å²) in [4.78, 5) is 26.2. The number of methoxy groups -OCH3 is 1. The molecule has 7 heteroatoms. The van der Waals surface area contributed by atoms with E-state index >= 15 is 0 Å². The highest BCUT2D eigenvalue weighted by Gasteiger charge is 2.20. The van der Waals surface area contributed by atoms with E-state index in [0.717, 1.165) is 0 Å². The maximum absolute atomic E-state index is 12.0. The van der Waals surface area contributed by atoms with Gasteiger partial charge in [-0.2, -0.15) is 0 Å². The monoisotopic (exact) mass is 302 g/mol. The molecule has 0 spiro atoms. The van der Waals surface area contributed by atoms with Gasteiger partial charge in [0.1, 0.15) is 5.69 Å². The quantitative estimate of drug-likeness (QED) is 0.842. The van der Waals surface area contributed by atoms with E-state index < -0.39 is 5.97 Å². The molecule has 0 amide bonds. The maximum Gasteiger partial charge on any atom is 0.337 e. The summed E-state index contributed by atoms with van der Waals surface area (Å²) in [5.74, 6) is -0.230. The molecule has 0 saturated carbocycles. The number of aromatic amines is 1. The fraction of sp³-hybridized carbons (Fsp3) is 0.333. The molecule has 0 radical (unpaired) electrons. The van der Waals surface area contributed by atoms with Crippen LogP contribution in [0.5, 0.6) is 0 Å². The van der Waals surface area contributed by atoms with Crippen LogP contribution < -0.4 is 10.9 Å². The molecule has 2 aromatic rings. The van der Waals surface area contributed by atoms with Crippen molar-refractivity contribution in [2.24, 2.45) is 0 Å². The molecule has 0 fully saturated rings. The minimum absolute atomic E-state index is 0.208. The fourth-order valence-corrected chi connectivity index (χ4v) is 1.86. The molecule has 0 aliphatic heterocycles. The van der Waals surface area contributed by atoms with Gasteiger partial charge in [-0.15, -0.1) is 10.2 Å². The van der Waals surface area contributed by atoms with Crippen molar-refractivity contribution in [2.45, 2.75) is 26.2 Å². The highest BCUT2D eigenvalue weighted by molar-refractivity contribution is 5.90. The van der Waals surface area contributed by atoms with E-state index in [0.29, 0.717) is 16.9 Å². The zero-order valence-electron chi connectivity index (χ0n) is 12.9. The first kappa shape index (κ1) is 15.7. The van der Waals surface area contributed by atoms with Crippen molar-refractivity contribution in [3.8, 4) is 0 Å². The zero-order chi connectivity index (χ0) is 16.3. The van der Waals surface area contributed by atoms with Crippen LogP contribution in [0.25, 0.3) is 0 Å². The Kier molecular flexibility index (Phi) is 4.25. The molecule has 1 aromatic heterocycles. The molecule has 0 bridgehead atoms. The molecule has 1 aromatic carbocycles. The molecule has 0 aliphatic carbocycles. The number of hydrogen-bond acceptors (Lipinski definition) is 6. The summed E-state index contributed by atoms with van der Waals surface area (Å²) in [7, 11) is 1.32. The number of esters is 1. The smallest absolute Gasteiger partial charge is 0.337 e. The van der Waals surface area contributed by atoms with Gasteiger partial charge in [0.15, 0.2) is 0 Å². The van der Waals surface area contributed by atoms with Gasteiger partial charge in [0, 0.05) is 11.1 Å². The van der Waals surface area contributed by atoms with Gasteiger partial charge in [0.05, 0.1) is 12.7 Å². The van der Waals surface area contributed by atoms with E-state index in [4.69, 9.17) is 0 Å². The fourth-order valence-electron chi connectivity index (χ4n) is 1.86. The molecular weight excluding hydrogens is 284 g/mol. The van der Waals surface area contributed by atoms with E-state index in [1.807, 2.05) is 20.8 Å². The molecule has 0 aliphatic rings. The molecule has 116 valence electrons. The Morgan fingerprint density at radius 2 is 2.00 bits per heavy atom. The molecule has 7 nitrogen and oxygen atoms in total. The van der Waals surface area contributed by atoms with Crippen LogP contribution in [0.3, 0.4) is 0 Å². The van der Waals surface area contributed by atoms with Gasteiger partial charge in [-0.1, -0.05) is 26.8 Å². The number of carbonyl (C=O) groups is 1. The Hall–Kier alpha value is -2.70. The number of ether oxygens (including phenoxy) is 1. The Labute approximate surface area is 127 Å². The first-order valence-corrected chi connectivity index (χ1v) is 6.74. The van der Waals surface area contributed by atoms with Crippen LogP contribution in [-0.4, -0.2) is 28.3 Å². The van der Waals surface area contributed by atoms with Gasteiger partial charge < -0.3 is 10.1 Å². The number of anilines is 2. The first-order valence-electron chi connectivity index (χ1n) is 6.74. The van der Waals surface area contributed by atoms with Gasteiger partial charge >= 0.3 is 5.97 Å². The number of benzene rings is 1. The number of nitrogens with zero attached hydrogens (tertiary/aromatic N) is 2. The van der Waals surface area contributed by atoms with Crippen LogP contribution in [-0.2, 0) is 10.2 Å². The molecule has 1 heterocycles. The van der Waals surface area contributed by atoms with Crippen LogP contribution in [0.4, 0.5) is 11.6 Å². The lowest BCUT2D eigenvalue weighted by atomic mass is 9.93. The van der Waals surface area contributed by atoms with Crippen molar-refractivity contribution in [2.75, 3.05) is 12.4 Å². The average Bonchev–Trinajstić information content (AvgIpc) is 2.45. The van der Waals surface area contributed by atoms with E-state index in [-0.39, 0.29) is 16.9 Å². The van der Waals surface area contributed by atoms with Crippen LogP contribution in [0.15, 0.2) is 29.1 Å². The molecular formula is C15H18N4O3. The number of carbonyl (C=O) groups excluding carboxylic acids is 1. The van der Waals surface area contributed by atoms with Crippen molar-refractivity contribution >= 4 is 17.6 Å². The maximum atomic E-state index is 12.0. The Bertz CT molecular complexity index is 747. The normalized spacial score (nSPS) is 11.1. The van der Waals surface area contributed by atoms with Gasteiger partial charge in [-0.25, -0.2) is 4.79 Å². The highest BCUT2D eigenvalue weighted by Crippen LogP contribution is 2.17. The summed E-state index contributed by atoms with van der Waals surface area (Å²) in [5, 5.41) is 10.8. The summed E-state index contributed by atoms with van der Waals surface area (Å²) in [6.07, 6.45) is 0. The third-order valence-electron chi connectivity index (χ3n) is 2.95. The largest absolute Gasteiger partial charge is 0.465 e. The summed E-state index contributed by atoms with van der Waals surface area (Å²) in [5.41, 5.74) is 0.671. The van der Waals surface area contributed by atoms with E-state index in [1.165, 1.54) is 7.11 Å². The Balaban J connectivity index is 2.27. The van der Waals surface area contributed by atoms with Crippen LogP contribution in [0.2, 0.25) is 0 Å². The Morgan fingerprint density at radius 1 is 1.27 bits per heavy atom. The minimum atomic E-state index is -0.439. The van der Waals surface area contributed by atoms with Gasteiger partial charge in [0.25, 0.3) is 5.56 Å². The molecule has 22 heavy (non-hydrogen) atoms. The number of aromatic nitrogens is 3. The van der Waals surface area contributed by atoms with Gasteiger partial charge in [-0.05, 0) is 18.2 Å². The standard InChI is InChI=1S/C15H18N4O3/c1-15(2,3)11-12(20)17-14(19-18-11)16-10-7-5-6-9(8-10)13(21)22-4/h5-8H,1-4H3,(H2,16,17,19,20). The number of H-pyrrole nitrogens is 1. The van der Waals surface area contributed by atoms with Gasteiger partial charge in [-0.3, -0.25) is 9.78 Å². The van der Waals surface area contributed by atoms with Gasteiger partial charge in [0.2, 0.25) is 5.95 Å². The van der Waals surface area contributed by atoms with E-state index in [9.17, 15) is 9.59 Å². The molecule has 2 rings (SSSR count). The lowest BCUT2D eigenvalue weighted by Crippen LogP contribution is -2.28. The number of hydrogen-bond donors (Lipinski definition) is 2. The van der Waals surface area contributed by atoms with E-state index in [1.54, 1.807) is 24.3 Å². The van der Waals surface area contributed by atoms with Crippen molar-refractivity contribution in [1.29, 1.82) is 0 Å². The SMILES string of the molecule is COC(=O)c1cccc(Nc2nnc(C(C)(C)C)c(=O)[nH]2)c1. The zero-order valence-corrected chi connectivity index (χ0v) is 12.9. The summed E-state index contributed by atoms with van der Waals surface area (Å²) in [6, 6.07) is 6.67. The third kappa shape index (κ3) is 3.49. The second-order valence-electron chi connectivity index (χ2n) is 5.80. The molecule has 0 unspecified atom stereocenters. The predicted octanol–water partition coefficient (Wildman–Crippen LogP) is 1.99. The van der Waals surface area contributed by atoms with Crippen molar-refractivity contribution < 1.29 is 9.53 Å². The van der Waals surface area contributed by atoms with Crippen LogP contribution >= 0.6 is 0 Å². The Morgan fingerprint density at radius 3 is 2.59 bits per heavy atom. The highest BCUT2D eigenvalue weighted by atomic mass is 16.5. The minimum Gasteiger partial charge on any atom is -0.465 e. The number of rotatable bonds is 3. The van der Waals surface area contributed by atoms with Crippen molar-refractivity contribution in [3.05, 3.63) is 45.9 Å². The van der Waals surface area contributed by atoms with E-state index in [2.05, 4.69) is 25.2 Å². The number of nitrogens with one attached hydrogen (secondary N) is 2. The molecule has 2 N–H and O–H groups in total. The predicted molar refractivity (Wildman–Crippen MR) is 82.4 cm³/mol. The summed E-state index contributed by atoms with van der Waals surface area (Å²) >= 11 is 0. The lowest BCUT2D eigenvalue weighted by Gasteiger charge is -2.15. The lowest BCUT2D eigenvalue weighted by molar-refractivity contribution is 0.0601. The first-order chi connectivity index (χ1) is 10.3. The van der Waals surface area contributed by atoms with Crippen molar-refractivity contribution in [1.82, 2.24) is 15.2 Å². The topological polar surface area (TPSA) is 97.0 Å². The third-order valence-corrected chi connectivity index (χ3v) is 2.95. The molecule has 0 saturated heterocycles. The van der Waals surface area contributed by atoms with Crippen molar-refractivity contribution in [3.63, 3.8) is 0 Å². The van der Waals surface area contributed by atoms with Crippen LogP contribution in [0.1, 0.15) is 36.8 Å².